The molecule has 0 aliphatic carbocycles. The Morgan fingerprint density at radius 1 is 1.36 bits per heavy atom. The van der Waals surface area contributed by atoms with Crippen molar-refractivity contribution in [3.8, 4) is 0 Å². The van der Waals surface area contributed by atoms with Crippen molar-refractivity contribution in [3.05, 3.63) is 35.5 Å². The molecule has 1 heterocycles. The van der Waals surface area contributed by atoms with Gasteiger partial charge in [-0.15, -0.1) is 24.0 Å². The van der Waals surface area contributed by atoms with Crippen molar-refractivity contribution in [1.29, 1.82) is 0 Å². The van der Waals surface area contributed by atoms with Gasteiger partial charge in [0.2, 0.25) is 0 Å². The zero-order valence-electron chi connectivity index (χ0n) is 13.9. The van der Waals surface area contributed by atoms with E-state index in [9.17, 15) is 0 Å². The number of nitrogens with zero attached hydrogens (tertiary/aromatic N) is 1. The molecule has 1 atom stereocenters. The van der Waals surface area contributed by atoms with E-state index in [1.165, 1.54) is 22.0 Å². The van der Waals surface area contributed by atoms with Crippen molar-refractivity contribution >= 4 is 40.8 Å². The van der Waals surface area contributed by atoms with Crippen LogP contribution in [-0.2, 0) is 6.42 Å². The SMILES string of the molecule is CCC(C)NC(=NC)NCCc1c[nH]c2cccc(C)c12.I. The van der Waals surface area contributed by atoms with Crippen LogP contribution in [0.15, 0.2) is 29.4 Å². The Morgan fingerprint density at radius 3 is 2.82 bits per heavy atom. The number of hydrogen-bond acceptors (Lipinski definition) is 1. The van der Waals surface area contributed by atoms with Crippen LogP contribution in [-0.4, -0.2) is 30.6 Å². The minimum Gasteiger partial charge on any atom is -0.361 e. The highest BCUT2D eigenvalue weighted by atomic mass is 127. The number of H-pyrrole nitrogens is 1. The minimum absolute atomic E-state index is 0. The Bertz CT molecular complexity index is 618. The molecule has 5 heteroatoms. The van der Waals surface area contributed by atoms with Gasteiger partial charge in [-0.05, 0) is 43.9 Å². The zero-order valence-corrected chi connectivity index (χ0v) is 16.2. The molecule has 3 N–H and O–H groups in total. The lowest BCUT2D eigenvalue weighted by atomic mass is 10.1. The standard InChI is InChI=1S/C17H26N4.HI/c1-5-13(3)21-17(18-4)19-10-9-14-11-20-15-8-6-7-12(2)16(14)15;/h6-8,11,13,20H,5,9-10H2,1-4H3,(H2,18,19,21);1H. The number of fused-ring (bicyclic) bond motifs is 1. The van der Waals surface area contributed by atoms with Gasteiger partial charge in [0.05, 0.1) is 0 Å². The molecule has 0 saturated heterocycles. The maximum absolute atomic E-state index is 4.26. The van der Waals surface area contributed by atoms with E-state index in [1.807, 2.05) is 7.05 Å². The van der Waals surface area contributed by atoms with Gasteiger partial charge in [-0.2, -0.15) is 0 Å². The smallest absolute Gasteiger partial charge is 0.191 e. The molecule has 0 aliphatic rings. The number of benzene rings is 1. The van der Waals surface area contributed by atoms with Crippen LogP contribution in [0.1, 0.15) is 31.4 Å². The number of aryl methyl sites for hydroxylation is 1. The van der Waals surface area contributed by atoms with Crippen LogP contribution in [0.2, 0.25) is 0 Å². The molecule has 4 nitrogen and oxygen atoms in total. The van der Waals surface area contributed by atoms with Crippen molar-refractivity contribution in [2.24, 2.45) is 4.99 Å². The van der Waals surface area contributed by atoms with Gasteiger partial charge in [0, 0.05) is 36.7 Å². The fourth-order valence-corrected chi connectivity index (χ4v) is 2.49. The molecule has 1 aromatic heterocycles. The Kier molecular flexibility index (Phi) is 7.72. The van der Waals surface area contributed by atoms with E-state index in [1.54, 1.807) is 0 Å². The van der Waals surface area contributed by atoms with Gasteiger partial charge >= 0.3 is 0 Å². The summed E-state index contributed by atoms with van der Waals surface area (Å²) in [5.41, 5.74) is 3.90. The molecular weight excluding hydrogens is 387 g/mol. The normalized spacial score (nSPS) is 12.8. The predicted octanol–water partition coefficient (Wildman–Crippen LogP) is 3.60. The second-order valence-electron chi connectivity index (χ2n) is 5.51. The molecule has 0 spiro atoms. The summed E-state index contributed by atoms with van der Waals surface area (Å²) in [4.78, 5) is 7.61. The predicted molar refractivity (Wildman–Crippen MR) is 106 cm³/mol. The fraction of sp³-hybridized carbons (Fsp3) is 0.471. The summed E-state index contributed by atoms with van der Waals surface area (Å²) in [6, 6.07) is 6.82. The lowest BCUT2D eigenvalue weighted by Crippen LogP contribution is -2.42. The number of aromatic amines is 1. The molecule has 122 valence electrons. The molecule has 0 fully saturated rings. The molecule has 2 rings (SSSR count). The number of aliphatic imine (C=N–C) groups is 1. The molecule has 0 radical (unpaired) electrons. The first-order valence-electron chi connectivity index (χ1n) is 7.68. The van der Waals surface area contributed by atoms with Gasteiger partial charge in [0.1, 0.15) is 0 Å². The Morgan fingerprint density at radius 2 is 2.14 bits per heavy atom. The third kappa shape index (κ3) is 4.63. The van der Waals surface area contributed by atoms with Crippen LogP contribution >= 0.6 is 24.0 Å². The van der Waals surface area contributed by atoms with E-state index in [0.29, 0.717) is 6.04 Å². The van der Waals surface area contributed by atoms with Crippen molar-refractivity contribution in [2.45, 2.75) is 39.7 Å². The lowest BCUT2D eigenvalue weighted by Gasteiger charge is -2.16. The highest BCUT2D eigenvalue weighted by molar-refractivity contribution is 14.0. The van der Waals surface area contributed by atoms with Gasteiger partial charge in [-0.1, -0.05) is 19.1 Å². The highest BCUT2D eigenvalue weighted by Gasteiger charge is 2.07. The number of aromatic nitrogens is 1. The summed E-state index contributed by atoms with van der Waals surface area (Å²) >= 11 is 0. The second-order valence-corrected chi connectivity index (χ2v) is 5.51. The monoisotopic (exact) mass is 414 g/mol. The summed E-state index contributed by atoms with van der Waals surface area (Å²) in [7, 11) is 1.81. The van der Waals surface area contributed by atoms with E-state index in [2.05, 4.69) is 65.8 Å². The third-order valence-electron chi connectivity index (χ3n) is 3.90. The van der Waals surface area contributed by atoms with Gasteiger partial charge in [0.15, 0.2) is 5.96 Å². The summed E-state index contributed by atoms with van der Waals surface area (Å²) in [5, 5.41) is 8.11. The molecule has 1 aromatic carbocycles. The van der Waals surface area contributed by atoms with E-state index < -0.39 is 0 Å². The number of guanidine groups is 1. The van der Waals surface area contributed by atoms with E-state index in [0.717, 1.165) is 25.3 Å². The quantitative estimate of drug-likeness (QED) is 0.398. The first-order valence-corrected chi connectivity index (χ1v) is 7.68. The number of hydrogen-bond donors (Lipinski definition) is 3. The summed E-state index contributed by atoms with van der Waals surface area (Å²) in [5.74, 6) is 0.876. The molecule has 1 unspecified atom stereocenters. The number of nitrogens with one attached hydrogen (secondary N) is 3. The zero-order chi connectivity index (χ0) is 15.2. The number of halogens is 1. The molecule has 0 saturated carbocycles. The average molecular weight is 414 g/mol. The van der Waals surface area contributed by atoms with Gasteiger partial charge in [-0.3, -0.25) is 4.99 Å². The first-order chi connectivity index (χ1) is 10.2. The Hall–Kier alpha value is -1.24. The largest absolute Gasteiger partial charge is 0.361 e. The van der Waals surface area contributed by atoms with Crippen molar-refractivity contribution in [2.75, 3.05) is 13.6 Å². The molecule has 22 heavy (non-hydrogen) atoms. The van der Waals surface area contributed by atoms with Crippen LogP contribution in [0.25, 0.3) is 10.9 Å². The van der Waals surface area contributed by atoms with Crippen LogP contribution in [0.4, 0.5) is 0 Å². The Balaban J connectivity index is 0.00000242. The fourth-order valence-electron chi connectivity index (χ4n) is 2.49. The summed E-state index contributed by atoms with van der Waals surface area (Å²) in [6.07, 6.45) is 4.18. The van der Waals surface area contributed by atoms with E-state index >= 15 is 0 Å². The van der Waals surface area contributed by atoms with Crippen molar-refractivity contribution < 1.29 is 0 Å². The van der Waals surface area contributed by atoms with Crippen LogP contribution in [0, 0.1) is 6.92 Å². The summed E-state index contributed by atoms with van der Waals surface area (Å²) < 4.78 is 0. The third-order valence-corrected chi connectivity index (χ3v) is 3.90. The maximum atomic E-state index is 4.26. The number of rotatable bonds is 5. The van der Waals surface area contributed by atoms with Crippen LogP contribution in [0.5, 0.6) is 0 Å². The molecule has 0 amide bonds. The highest BCUT2D eigenvalue weighted by Crippen LogP contribution is 2.22. The van der Waals surface area contributed by atoms with E-state index in [-0.39, 0.29) is 24.0 Å². The molecule has 0 aliphatic heterocycles. The van der Waals surface area contributed by atoms with Gasteiger partial charge in [-0.25, -0.2) is 0 Å². The van der Waals surface area contributed by atoms with Crippen molar-refractivity contribution in [3.63, 3.8) is 0 Å². The van der Waals surface area contributed by atoms with Gasteiger partial charge < -0.3 is 15.6 Å². The van der Waals surface area contributed by atoms with Gasteiger partial charge in [0.25, 0.3) is 0 Å². The second kappa shape index (κ2) is 9.02. The van der Waals surface area contributed by atoms with E-state index in [4.69, 9.17) is 0 Å². The molecule has 2 aromatic rings. The molecule has 0 bridgehead atoms. The maximum Gasteiger partial charge on any atom is 0.191 e. The molecular formula is C17H27IN4. The summed E-state index contributed by atoms with van der Waals surface area (Å²) in [6.45, 7) is 7.36. The topological polar surface area (TPSA) is 52.2 Å². The van der Waals surface area contributed by atoms with Crippen molar-refractivity contribution in [1.82, 2.24) is 15.6 Å². The lowest BCUT2D eigenvalue weighted by molar-refractivity contribution is 0.624. The Labute approximate surface area is 150 Å². The van der Waals surface area contributed by atoms with Crippen LogP contribution in [0.3, 0.4) is 0 Å². The van der Waals surface area contributed by atoms with Crippen LogP contribution < -0.4 is 10.6 Å². The average Bonchev–Trinajstić information content (AvgIpc) is 2.90. The first kappa shape index (κ1) is 18.8. The minimum atomic E-state index is 0.